The van der Waals surface area contributed by atoms with Crippen molar-refractivity contribution < 1.29 is 4.79 Å². The molecule has 0 aromatic carbocycles. The highest BCUT2D eigenvalue weighted by atomic mass is 16.1. The van der Waals surface area contributed by atoms with Gasteiger partial charge in [-0.1, -0.05) is 5.21 Å². The van der Waals surface area contributed by atoms with Crippen molar-refractivity contribution in [1.29, 1.82) is 0 Å². The molecule has 2 rings (SSSR count). The second kappa shape index (κ2) is 2.30. The van der Waals surface area contributed by atoms with E-state index in [9.17, 15) is 4.79 Å². The van der Waals surface area contributed by atoms with Crippen molar-refractivity contribution in [2.24, 2.45) is 0 Å². The van der Waals surface area contributed by atoms with Gasteiger partial charge in [-0.05, 0) is 0 Å². The number of carbonyl (C=O) groups excluding carboxylic acids is 1. The quantitative estimate of drug-likeness (QED) is 0.531. The summed E-state index contributed by atoms with van der Waals surface area (Å²) in [5, 5.41) is 16.1. The molecule has 1 amide bonds. The van der Waals surface area contributed by atoms with Crippen molar-refractivity contribution in [2.45, 2.75) is 12.3 Å². The van der Waals surface area contributed by atoms with Crippen molar-refractivity contribution in [3.63, 3.8) is 0 Å². The smallest absolute Gasteiger partial charge is 0.220 e. The summed E-state index contributed by atoms with van der Waals surface area (Å²) in [5.74, 6) is 0.768. The summed E-state index contributed by atoms with van der Waals surface area (Å²) in [5.41, 5.74) is 0. The highest BCUT2D eigenvalue weighted by Gasteiger charge is 2.25. The standard InChI is InChI=1S/C5H7N5O/c11-4-1-3(2-6-4)5-7-9-10-8-5/h3H,1-2H2,(H,6,11)(H,7,8,9,10). The zero-order valence-corrected chi connectivity index (χ0v) is 5.74. The number of nitrogens with one attached hydrogen (secondary N) is 2. The number of amides is 1. The Balaban J connectivity index is 2.13. The largest absolute Gasteiger partial charge is 0.355 e. The fourth-order valence-electron chi connectivity index (χ4n) is 1.13. The number of aromatic amines is 1. The van der Waals surface area contributed by atoms with E-state index in [0.717, 1.165) is 0 Å². The molecule has 1 fully saturated rings. The Morgan fingerprint density at radius 3 is 3.00 bits per heavy atom. The molecule has 11 heavy (non-hydrogen) atoms. The van der Waals surface area contributed by atoms with Crippen LogP contribution in [0.4, 0.5) is 0 Å². The lowest BCUT2D eigenvalue weighted by Gasteiger charge is -1.96. The maximum absolute atomic E-state index is 10.8. The molecule has 6 heteroatoms. The first-order valence-electron chi connectivity index (χ1n) is 3.36. The molecule has 1 unspecified atom stereocenters. The van der Waals surface area contributed by atoms with E-state index in [1.807, 2.05) is 0 Å². The van der Waals surface area contributed by atoms with Crippen molar-refractivity contribution in [3.8, 4) is 0 Å². The molecule has 6 nitrogen and oxygen atoms in total. The van der Waals surface area contributed by atoms with E-state index in [1.54, 1.807) is 0 Å². The summed E-state index contributed by atoms with van der Waals surface area (Å²) >= 11 is 0. The van der Waals surface area contributed by atoms with Crippen molar-refractivity contribution >= 4 is 5.91 Å². The normalized spacial score (nSPS) is 23.6. The van der Waals surface area contributed by atoms with Gasteiger partial charge < -0.3 is 5.32 Å². The van der Waals surface area contributed by atoms with E-state index in [2.05, 4.69) is 25.9 Å². The van der Waals surface area contributed by atoms with Crippen LogP contribution in [0.1, 0.15) is 18.2 Å². The van der Waals surface area contributed by atoms with Gasteiger partial charge in [0.15, 0.2) is 5.82 Å². The van der Waals surface area contributed by atoms with Crippen LogP contribution >= 0.6 is 0 Å². The SMILES string of the molecule is O=C1CC(c2nn[nH]n2)CN1. The Hall–Kier alpha value is -1.46. The second-order valence-electron chi connectivity index (χ2n) is 2.48. The molecule has 0 aliphatic carbocycles. The molecule has 0 bridgehead atoms. The van der Waals surface area contributed by atoms with Gasteiger partial charge in [-0.3, -0.25) is 4.79 Å². The lowest BCUT2D eigenvalue weighted by atomic mass is 10.1. The third kappa shape index (κ3) is 1.06. The van der Waals surface area contributed by atoms with Gasteiger partial charge in [0.2, 0.25) is 5.91 Å². The first-order valence-corrected chi connectivity index (χ1v) is 3.36. The van der Waals surface area contributed by atoms with Crippen LogP contribution in [0.3, 0.4) is 0 Å². The predicted molar refractivity (Wildman–Crippen MR) is 34.5 cm³/mol. The number of hydrogen-bond donors (Lipinski definition) is 2. The number of aromatic nitrogens is 4. The first-order chi connectivity index (χ1) is 5.36. The Labute approximate surface area is 62.4 Å². The van der Waals surface area contributed by atoms with Crippen molar-refractivity contribution in [2.75, 3.05) is 6.54 Å². The van der Waals surface area contributed by atoms with Gasteiger partial charge in [0.05, 0.1) is 0 Å². The van der Waals surface area contributed by atoms with Gasteiger partial charge in [0.25, 0.3) is 0 Å². The maximum atomic E-state index is 10.8. The van der Waals surface area contributed by atoms with Gasteiger partial charge in [-0.15, -0.1) is 10.2 Å². The zero-order chi connectivity index (χ0) is 7.68. The van der Waals surface area contributed by atoms with E-state index >= 15 is 0 Å². The molecular weight excluding hydrogens is 146 g/mol. The van der Waals surface area contributed by atoms with Crippen LogP contribution in [-0.4, -0.2) is 33.1 Å². The highest BCUT2D eigenvalue weighted by Crippen LogP contribution is 2.17. The molecule has 1 aliphatic heterocycles. The molecule has 1 aromatic heterocycles. The summed E-state index contributed by atoms with van der Waals surface area (Å²) < 4.78 is 0. The fourth-order valence-corrected chi connectivity index (χ4v) is 1.13. The minimum Gasteiger partial charge on any atom is -0.355 e. The van der Waals surface area contributed by atoms with Crippen LogP contribution < -0.4 is 5.32 Å². The monoisotopic (exact) mass is 153 g/mol. The third-order valence-electron chi connectivity index (χ3n) is 1.70. The average molecular weight is 153 g/mol. The second-order valence-corrected chi connectivity index (χ2v) is 2.48. The Morgan fingerprint density at radius 2 is 2.45 bits per heavy atom. The summed E-state index contributed by atoms with van der Waals surface area (Å²) in [7, 11) is 0. The lowest BCUT2D eigenvalue weighted by Crippen LogP contribution is -2.13. The minimum atomic E-state index is 0.0554. The molecule has 0 radical (unpaired) electrons. The van der Waals surface area contributed by atoms with Crippen LogP contribution in [0.15, 0.2) is 0 Å². The fraction of sp³-hybridized carbons (Fsp3) is 0.600. The predicted octanol–water partition coefficient (Wildman–Crippen LogP) is -1.20. The summed E-state index contributed by atoms with van der Waals surface area (Å²) in [4.78, 5) is 10.8. The molecule has 1 saturated heterocycles. The van der Waals surface area contributed by atoms with E-state index in [0.29, 0.717) is 18.8 Å². The number of hydrogen-bond acceptors (Lipinski definition) is 4. The van der Waals surface area contributed by atoms with Crippen molar-refractivity contribution in [1.82, 2.24) is 25.9 Å². The third-order valence-corrected chi connectivity index (χ3v) is 1.70. The molecule has 0 saturated carbocycles. The Bertz CT molecular complexity index is 256. The van der Waals surface area contributed by atoms with E-state index in [-0.39, 0.29) is 11.8 Å². The van der Waals surface area contributed by atoms with Crippen molar-refractivity contribution in [3.05, 3.63) is 5.82 Å². The number of nitrogens with zero attached hydrogens (tertiary/aromatic N) is 3. The Morgan fingerprint density at radius 1 is 1.55 bits per heavy atom. The van der Waals surface area contributed by atoms with Crippen LogP contribution in [0.2, 0.25) is 0 Å². The summed E-state index contributed by atoms with van der Waals surface area (Å²) in [6.07, 6.45) is 0.472. The first kappa shape index (κ1) is 6.26. The van der Waals surface area contributed by atoms with E-state index in [1.165, 1.54) is 0 Å². The number of carbonyl (C=O) groups is 1. The maximum Gasteiger partial charge on any atom is 0.220 e. The van der Waals surface area contributed by atoms with Gasteiger partial charge in [0, 0.05) is 18.9 Å². The molecule has 0 spiro atoms. The molecule has 58 valence electrons. The van der Waals surface area contributed by atoms with E-state index in [4.69, 9.17) is 0 Å². The molecular formula is C5H7N5O. The van der Waals surface area contributed by atoms with Crippen LogP contribution in [0.25, 0.3) is 0 Å². The number of rotatable bonds is 1. The van der Waals surface area contributed by atoms with Gasteiger partial charge in [0.1, 0.15) is 0 Å². The number of tetrazole rings is 1. The lowest BCUT2D eigenvalue weighted by molar-refractivity contribution is -0.119. The highest BCUT2D eigenvalue weighted by molar-refractivity contribution is 5.79. The van der Waals surface area contributed by atoms with Gasteiger partial charge in [-0.25, -0.2) is 0 Å². The van der Waals surface area contributed by atoms with E-state index < -0.39 is 0 Å². The molecule has 1 aliphatic rings. The molecule has 2 heterocycles. The minimum absolute atomic E-state index is 0.0554. The summed E-state index contributed by atoms with van der Waals surface area (Å²) in [6.45, 7) is 0.623. The molecule has 1 aromatic rings. The molecule has 1 atom stereocenters. The average Bonchev–Trinajstić information content (AvgIpc) is 2.55. The van der Waals surface area contributed by atoms with Gasteiger partial charge >= 0.3 is 0 Å². The van der Waals surface area contributed by atoms with Gasteiger partial charge in [-0.2, -0.15) is 5.21 Å². The zero-order valence-electron chi connectivity index (χ0n) is 5.74. The van der Waals surface area contributed by atoms with Crippen LogP contribution in [-0.2, 0) is 4.79 Å². The van der Waals surface area contributed by atoms with Crippen LogP contribution in [0, 0.1) is 0 Å². The van der Waals surface area contributed by atoms with Crippen LogP contribution in [0.5, 0.6) is 0 Å². The molecule has 2 N–H and O–H groups in total. The number of H-pyrrole nitrogens is 1. The topological polar surface area (TPSA) is 83.6 Å². The Kier molecular flexibility index (Phi) is 1.31. The summed E-state index contributed by atoms with van der Waals surface area (Å²) in [6, 6.07) is 0.